The number of hydrogen-bond acceptors (Lipinski definition) is 7. The summed E-state index contributed by atoms with van der Waals surface area (Å²) < 4.78 is 12.5. The molecule has 1 amide bonds. The molecule has 1 aromatic heterocycles. The molecule has 1 saturated heterocycles. The van der Waals surface area contributed by atoms with Gasteiger partial charge in [-0.1, -0.05) is 18.2 Å². The minimum atomic E-state index is -0.790. The number of aromatic nitrogens is 3. The van der Waals surface area contributed by atoms with Gasteiger partial charge in [0.1, 0.15) is 5.75 Å². The summed E-state index contributed by atoms with van der Waals surface area (Å²) in [4.78, 5) is 54.6. The molecule has 1 atom stereocenters. The number of likely N-dealkylation sites (tertiary alicyclic amines) is 1. The van der Waals surface area contributed by atoms with Crippen molar-refractivity contribution in [1.29, 1.82) is 0 Å². The van der Waals surface area contributed by atoms with Gasteiger partial charge in [-0.05, 0) is 74.6 Å². The second-order valence-corrected chi connectivity index (χ2v) is 9.47. The smallest absolute Gasteiger partial charge is 0.352 e. The number of methoxy groups -OCH3 is 1. The monoisotopic (exact) mass is 520 g/mol. The predicted molar refractivity (Wildman–Crippen MR) is 141 cm³/mol. The van der Waals surface area contributed by atoms with Crippen molar-refractivity contribution in [3.05, 3.63) is 85.7 Å². The Balaban J connectivity index is 1.82. The van der Waals surface area contributed by atoms with E-state index in [2.05, 4.69) is 5.10 Å². The Morgan fingerprint density at radius 1 is 1.08 bits per heavy atom. The van der Waals surface area contributed by atoms with Crippen LogP contribution < -0.4 is 16.0 Å². The SMILES string of the molecule is CCOC(=O)[C@H]1CCCN(C(=O)c2nn(-c3cc(C)cc(C)c3)c(=O)n(Cc3cccc(OC)c3)c2=O)C1. The van der Waals surface area contributed by atoms with Crippen LogP contribution in [0.3, 0.4) is 0 Å². The molecule has 4 rings (SSSR count). The zero-order valence-corrected chi connectivity index (χ0v) is 22.1. The zero-order chi connectivity index (χ0) is 27.4. The molecule has 38 heavy (non-hydrogen) atoms. The van der Waals surface area contributed by atoms with E-state index in [1.165, 1.54) is 12.0 Å². The molecule has 0 radical (unpaired) electrons. The van der Waals surface area contributed by atoms with Crippen LogP contribution in [0.5, 0.6) is 5.75 Å². The van der Waals surface area contributed by atoms with Gasteiger partial charge in [-0.25, -0.2) is 4.79 Å². The Morgan fingerprint density at radius 3 is 2.50 bits per heavy atom. The van der Waals surface area contributed by atoms with E-state index in [1.807, 2.05) is 19.9 Å². The van der Waals surface area contributed by atoms with E-state index in [0.717, 1.165) is 20.4 Å². The summed E-state index contributed by atoms with van der Waals surface area (Å²) in [6, 6.07) is 12.5. The van der Waals surface area contributed by atoms with Gasteiger partial charge in [0.2, 0.25) is 5.69 Å². The fraction of sp³-hybridized carbons (Fsp3) is 0.393. The number of amides is 1. The van der Waals surface area contributed by atoms with Crippen LogP contribution in [0.4, 0.5) is 0 Å². The van der Waals surface area contributed by atoms with Gasteiger partial charge in [0.15, 0.2) is 0 Å². The molecular formula is C28H32N4O6. The van der Waals surface area contributed by atoms with Crippen molar-refractivity contribution >= 4 is 11.9 Å². The molecule has 1 aliphatic rings. The fourth-order valence-corrected chi connectivity index (χ4v) is 4.75. The lowest BCUT2D eigenvalue weighted by Gasteiger charge is -2.31. The highest BCUT2D eigenvalue weighted by Gasteiger charge is 2.32. The number of carbonyl (C=O) groups excluding carboxylic acids is 2. The van der Waals surface area contributed by atoms with Crippen LogP contribution in [0.15, 0.2) is 52.1 Å². The Kier molecular flexibility index (Phi) is 8.09. The van der Waals surface area contributed by atoms with Crippen LogP contribution in [0.1, 0.15) is 46.9 Å². The van der Waals surface area contributed by atoms with E-state index in [9.17, 15) is 19.2 Å². The zero-order valence-electron chi connectivity index (χ0n) is 22.1. The molecule has 0 aliphatic carbocycles. The van der Waals surface area contributed by atoms with E-state index < -0.39 is 23.1 Å². The van der Waals surface area contributed by atoms with Crippen LogP contribution in [-0.4, -0.2) is 57.9 Å². The first-order chi connectivity index (χ1) is 18.2. The number of ether oxygens (including phenoxy) is 2. The van der Waals surface area contributed by atoms with Crippen LogP contribution in [0.25, 0.3) is 5.69 Å². The topological polar surface area (TPSA) is 113 Å². The Hall–Kier alpha value is -4.21. The minimum absolute atomic E-state index is 0.0755. The van der Waals surface area contributed by atoms with Gasteiger partial charge in [-0.3, -0.25) is 19.0 Å². The Bertz CT molecular complexity index is 1450. The summed E-state index contributed by atoms with van der Waals surface area (Å²) in [5.74, 6) is -0.888. The van der Waals surface area contributed by atoms with Gasteiger partial charge < -0.3 is 14.4 Å². The molecule has 10 heteroatoms. The predicted octanol–water partition coefficient (Wildman–Crippen LogP) is 2.48. The van der Waals surface area contributed by atoms with Crippen molar-refractivity contribution < 1.29 is 19.1 Å². The summed E-state index contributed by atoms with van der Waals surface area (Å²) in [5, 5.41) is 4.28. The molecule has 2 aromatic carbocycles. The lowest BCUT2D eigenvalue weighted by molar-refractivity contribution is -0.149. The molecule has 10 nitrogen and oxygen atoms in total. The van der Waals surface area contributed by atoms with Crippen molar-refractivity contribution in [2.45, 2.75) is 40.2 Å². The molecule has 2 heterocycles. The normalized spacial score (nSPS) is 15.3. The number of carbonyl (C=O) groups is 2. The number of rotatable bonds is 7. The third-order valence-electron chi connectivity index (χ3n) is 6.52. The minimum Gasteiger partial charge on any atom is -0.497 e. The van der Waals surface area contributed by atoms with Crippen LogP contribution in [0, 0.1) is 19.8 Å². The molecular weight excluding hydrogens is 488 g/mol. The Labute approximate surface area is 220 Å². The molecule has 0 saturated carbocycles. The molecule has 0 spiro atoms. The summed E-state index contributed by atoms with van der Waals surface area (Å²) in [6.45, 7) is 6.18. The highest BCUT2D eigenvalue weighted by Crippen LogP contribution is 2.19. The van der Waals surface area contributed by atoms with Crippen LogP contribution in [-0.2, 0) is 16.1 Å². The van der Waals surface area contributed by atoms with Gasteiger partial charge in [-0.15, -0.1) is 0 Å². The van der Waals surface area contributed by atoms with E-state index in [0.29, 0.717) is 36.4 Å². The van der Waals surface area contributed by atoms with Gasteiger partial charge in [0.25, 0.3) is 11.5 Å². The molecule has 3 aromatic rings. The second kappa shape index (κ2) is 11.5. The molecule has 1 fully saturated rings. The van der Waals surface area contributed by atoms with Gasteiger partial charge in [0.05, 0.1) is 31.9 Å². The number of piperidine rings is 1. The Morgan fingerprint density at radius 2 is 1.82 bits per heavy atom. The van der Waals surface area contributed by atoms with E-state index in [1.54, 1.807) is 43.3 Å². The first-order valence-electron chi connectivity index (χ1n) is 12.6. The first-order valence-corrected chi connectivity index (χ1v) is 12.6. The summed E-state index contributed by atoms with van der Waals surface area (Å²) in [5.41, 5.74) is 1.07. The summed E-state index contributed by atoms with van der Waals surface area (Å²) >= 11 is 0. The highest BCUT2D eigenvalue weighted by molar-refractivity contribution is 5.92. The fourth-order valence-electron chi connectivity index (χ4n) is 4.75. The number of hydrogen-bond donors (Lipinski definition) is 0. The number of nitrogens with zero attached hydrogens (tertiary/aromatic N) is 4. The van der Waals surface area contributed by atoms with E-state index >= 15 is 0 Å². The lowest BCUT2D eigenvalue weighted by Crippen LogP contribution is -2.49. The van der Waals surface area contributed by atoms with Crippen molar-refractivity contribution in [1.82, 2.24) is 19.2 Å². The summed E-state index contributed by atoms with van der Waals surface area (Å²) in [7, 11) is 1.53. The number of aryl methyl sites for hydroxylation is 2. The van der Waals surface area contributed by atoms with Crippen LogP contribution in [0.2, 0.25) is 0 Å². The van der Waals surface area contributed by atoms with Crippen molar-refractivity contribution in [3.63, 3.8) is 0 Å². The van der Waals surface area contributed by atoms with Crippen molar-refractivity contribution in [2.75, 3.05) is 26.8 Å². The number of esters is 1. The van der Waals surface area contributed by atoms with E-state index in [-0.39, 0.29) is 31.4 Å². The maximum Gasteiger partial charge on any atom is 0.352 e. The molecule has 0 bridgehead atoms. The van der Waals surface area contributed by atoms with Gasteiger partial charge in [0, 0.05) is 13.1 Å². The molecule has 200 valence electrons. The van der Waals surface area contributed by atoms with Crippen molar-refractivity contribution in [2.24, 2.45) is 5.92 Å². The molecule has 0 unspecified atom stereocenters. The first kappa shape index (κ1) is 26.8. The average Bonchev–Trinajstić information content (AvgIpc) is 2.90. The molecule has 0 N–H and O–H groups in total. The van der Waals surface area contributed by atoms with E-state index in [4.69, 9.17) is 9.47 Å². The molecule has 1 aliphatic heterocycles. The second-order valence-electron chi connectivity index (χ2n) is 9.47. The van der Waals surface area contributed by atoms with Gasteiger partial charge >= 0.3 is 11.7 Å². The van der Waals surface area contributed by atoms with Crippen molar-refractivity contribution in [3.8, 4) is 11.4 Å². The summed E-state index contributed by atoms with van der Waals surface area (Å²) in [6.07, 6.45) is 1.18. The maximum absolute atomic E-state index is 13.6. The third-order valence-corrected chi connectivity index (χ3v) is 6.52. The van der Waals surface area contributed by atoms with Gasteiger partial charge in [-0.2, -0.15) is 9.78 Å². The highest BCUT2D eigenvalue weighted by atomic mass is 16.5. The largest absolute Gasteiger partial charge is 0.497 e. The van der Waals surface area contributed by atoms with Crippen LogP contribution >= 0.6 is 0 Å². The number of benzene rings is 2. The third kappa shape index (κ3) is 5.69. The standard InChI is InChI=1S/C28H32N4O6/c1-5-38-27(35)21-9-7-11-30(17-21)25(33)24-26(34)31(16-20-8-6-10-23(15-20)37-4)28(36)32(29-24)22-13-18(2)12-19(3)14-22/h6,8,10,12-15,21H,5,7,9,11,16-17H2,1-4H3/t21-/m0/s1. The lowest BCUT2D eigenvalue weighted by atomic mass is 9.98. The average molecular weight is 521 g/mol. The maximum atomic E-state index is 13.6. The quantitative estimate of drug-likeness (QED) is 0.440.